The van der Waals surface area contributed by atoms with Crippen LogP contribution in [0.4, 0.5) is 0 Å². The molecular weight excluding hydrogens is 273 g/mol. The fourth-order valence-corrected chi connectivity index (χ4v) is 1.69. The molecule has 2 aromatic rings. The van der Waals surface area contributed by atoms with Gasteiger partial charge in [-0.25, -0.2) is 0 Å². The third-order valence-corrected chi connectivity index (χ3v) is 2.76. The lowest BCUT2D eigenvalue weighted by molar-refractivity contribution is 0.322. The van der Waals surface area contributed by atoms with Crippen molar-refractivity contribution in [3.8, 4) is 11.5 Å². The number of benzene rings is 2. The summed E-state index contributed by atoms with van der Waals surface area (Å²) < 4.78 is 5.60. The molecular formula is C13H9Cl2NO2. The van der Waals surface area contributed by atoms with E-state index in [-0.39, 0.29) is 0 Å². The molecule has 3 nitrogen and oxygen atoms in total. The van der Waals surface area contributed by atoms with E-state index in [1.54, 1.807) is 42.5 Å². The van der Waals surface area contributed by atoms with Crippen LogP contribution in [0.3, 0.4) is 0 Å². The first-order valence-electron chi connectivity index (χ1n) is 5.09. The van der Waals surface area contributed by atoms with Crippen molar-refractivity contribution >= 4 is 29.4 Å². The van der Waals surface area contributed by atoms with Crippen LogP contribution in [0.1, 0.15) is 5.56 Å². The second-order valence-corrected chi connectivity index (χ2v) is 4.33. The van der Waals surface area contributed by atoms with Crippen LogP contribution in [-0.4, -0.2) is 11.4 Å². The lowest BCUT2D eigenvalue weighted by Gasteiger charge is -2.07. The van der Waals surface area contributed by atoms with Gasteiger partial charge in [0.1, 0.15) is 11.5 Å². The molecule has 5 heteroatoms. The van der Waals surface area contributed by atoms with Gasteiger partial charge in [0.25, 0.3) is 0 Å². The summed E-state index contributed by atoms with van der Waals surface area (Å²) in [4.78, 5) is 0. The molecule has 0 amide bonds. The van der Waals surface area contributed by atoms with Gasteiger partial charge in [0.2, 0.25) is 0 Å². The van der Waals surface area contributed by atoms with Gasteiger partial charge in [0, 0.05) is 11.1 Å². The van der Waals surface area contributed by atoms with Crippen LogP contribution >= 0.6 is 23.2 Å². The molecule has 0 unspecified atom stereocenters. The number of ether oxygens (including phenoxy) is 1. The van der Waals surface area contributed by atoms with Gasteiger partial charge in [-0.15, -0.1) is 0 Å². The van der Waals surface area contributed by atoms with E-state index >= 15 is 0 Å². The average Bonchev–Trinajstić information content (AvgIpc) is 2.37. The van der Waals surface area contributed by atoms with Gasteiger partial charge in [0.05, 0.1) is 11.2 Å². The summed E-state index contributed by atoms with van der Waals surface area (Å²) in [6, 6.07) is 12.0. The zero-order valence-corrected chi connectivity index (χ0v) is 10.7. The minimum atomic E-state index is 0.486. The first kappa shape index (κ1) is 12.7. The van der Waals surface area contributed by atoms with E-state index in [0.717, 1.165) is 5.56 Å². The van der Waals surface area contributed by atoms with Crippen molar-refractivity contribution in [1.82, 2.24) is 0 Å². The van der Waals surface area contributed by atoms with Crippen LogP contribution in [0.25, 0.3) is 0 Å². The van der Waals surface area contributed by atoms with Gasteiger partial charge in [-0.3, -0.25) is 0 Å². The highest BCUT2D eigenvalue weighted by Gasteiger charge is 2.04. The van der Waals surface area contributed by atoms with Crippen molar-refractivity contribution in [2.45, 2.75) is 0 Å². The number of halogens is 2. The molecule has 2 rings (SSSR count). The van der Waals surface area contributed by atoms with Crippen molar-refractivity contribution in [3.63, 3.8) is 0 Å². The van der Waals surface area contributed by atoms with Crippen LogP contribution < -0.4 is 4.74 Å². The zero-order valence-electron chi connectivity index (χ0n) is 9.18. The second kappa shape index (κ2) is 5.76. The maximum Gasteiger partial charge on any atom is 0.147 e. The summed E-state index contributed by atoms with van der Waals surface area (Å²) in [5.41, 5.74) is 0.766. The summed E-state index contributed by atoms with van der Waals surface area (Å²) in [5, 5.41) is 12.4. The van der Waals surface area contributed by atoms with E-state index in [4.69, 9.17) is 33.1 Å². The van der Waals surface area contributed by atoms with Gasteiger partial charge in [-0.1, -0.05) is 28.4 Å². The maximum absolute atomic E-state index is 8.40. The van der Waals surface area contributed by atoms with E-state index in [9.17, 15) is 0 Å². The van der Waals surface area contributed by atoms with E-state index in [1.807, 2.05) is 0 Å². The molecule has 0 heterocycles. The van der Waals surface area contributed by atoms with E-state index in [2.05, 4.69) is 5.16 Å². The number of oxime groups is 1. The Balaban J connectivity index is 2.20. The average molecular weight is 282 g/mol. The van der Waals surface area contributed by atoms with Crippen LogP contribution in [0.15, 0.2) is 47.6 Å². The summed E-state index contributed by atoms with van der Waals surface area (Å²) in [7, 11) is 0. The molecule has 0 aliphatic rings. The molecule has 0 saturated carbocycles. The normalized spacial score (nSPS) is 10.8. The van der Waals surface area contributed by atoms with E-state index in [1.165, 1.54) is 6.21 Å². The molecule has 92 valence electrons. The Kier molecular flexibility index (Phi) is 4.07. The Bertz CT molecular complexity index is 568. The molecule has 2 aromatic carbocycles. The van der Waals surface area contributed by atoms with Crippen LogP contribution in [0.2, 0.25) is 10.0 Å². The predicted molar refractivity (Wildman–Crippen MR) is 72.4 cm³/mol. The van der Waals surface area contributed by atoms with E-state index < -0.39 is 0 Å². The molecule has 0 aliphatic carbocycles. The topological polar surface area (TPSA) is 41.8 Å². The molecule has 0 spiro atoms. The summed E-state index contributed by atoms with van der Waals surface area (Å²) >= 11 is 11.9. The molecule has 0 atom stereocenters. The van der Waals surface area contributed by atoms with E-state index in [0.29, 0.717) is 21.5 Å². The van der Waals surface area contributed by atoms with Crippen molar-refractivity contribution in [3.05, 3.63) is 58.1 Å². The molecule has 1 N–H and O–H groups in total. The summed E-state index contributed by atoms with van der Waals surface area (Å²) in [6.07, 6.45) is 1.33. The highest BCUT2D eigenvalue weighted by molar-refractivity contribution is 6.34. The SMILES string of the molecule is O/N=C/c1ccc(Oc2cc(Cl)ccc2Cl)cc1. The molecule has 0 fully saturated rings. The Morgan fingerprint density at radius 2 is 1.78 bits per heavy atom. The fraction of sp³-hybridized carbons (Fsp3) is 0. The van der Waals surface area contributed by atoms with Gasteiger partial charge >= 0.3 is 0 Å². The number of hydrogen-bond acceptors (Lipinski definition) is 3. The smallest absolute Gasteiger partial charge is 0.147 e. The molecule has 0 aliphatic heterocycles. The first-order chi connectivity index (χ1) is 8.69. The minimum Gasteiger partial charge on any atom is -0.456 e. The van der Waals surface area contributed by atoms with Gasteiger partial charge in [-0.05, 0) is 42.0 Å². The Labute approximate surface area is 114 Å². The Morgan fingerprint density at radius 1 is 1.06 bits per heavy atom. The summed E-state index contributed by atoms with van der Waals surface area (Å²) in [5.74, 6) is 1.11. The van der Waals surface area contributed by atoms with Gasteiger partial charge < -0.3 is 9.94 Å². The van der Waals surface area contributed by atoms with Gasteiger partial charge in [0.15, 0.2) is 0 Å². The first-order valence-corrected chi connectivity index (χ1v) is 5.85. The maximum atomic E-state index is 8.40. The second-order valence-electron chi connectivity index (χ2n) is 3.49. The lowest BCUT2D eigenvalue weighted by atomic mass is 10.2. The predicted octanol–water partition coefficient (Wildman–Crippen LogP) is 4.59. The van der Waals surface area contributed by atoms with Crippen molar-refractivity contribution < 1.29 is 9.94 Å². The standard InChI is InChI=1S/C13H9Cl2NO2/c14-10-3-6-12(15)13(7-10)18-11-4-1-9(2-5-11)8-16-17/h1-8,17H/b16-8+. The van der Waals surface area contributed by atoms with Crippen molar-refractivity contribution in [2.75, 3.05) is 0 Å². The van der Waals surface area contributed by atoms with Crippen LogP contribution in [0, 0.1) is 0 Å². The quantitative estimate of drug-likeness (QED) is 0.508. The van der Waals surface area contributed by atoms with Crippen LogP contribution in [0.5, 0.6) is 11.5 Å². The number of rotatable bonds is 3. The Morgan fingerprint density at radius 3 is 2.44 bits per heavy atom. The van der Waals surface area contributed by atoms with Crippen LogP contribution in [-0.2, 0) is 0 Å². The fourth-order valence-electron chi connectivity index (χ4n) is 1.37. The largest absolute Gasteiger partial charge is 0.456 e. The Hall–Kier alpha value is -1.71. The molecule has 0 saturated heterocycles. The number of hydrogen-bond donors (Lipinski definition) is 1. The molecule has 0 aromatic heterocycles. The highest BCUT2D eigenvalue weighted by atomic mass is 35.5. The molecule has 0 bridgehead atoms. The number of nitrogens with zero attached hydrogens (tertiary/aromatic N) is 1. The minimum absolute atomic E-state index is 0.486. The van der Waals surface area contributed by atoms with Crippen molar-refractivity contribution in [1.29, 1.82) is 0 Å². The zero-order chi connectivity index (χ0) is 13.0. The molecule has 0 radical (unpaired) electrons. The third-order valence-electron chi connectivity index (χ3n) is 2.21. The highest BCUT2D eigenvalue weighted by Crippen LogP contribution is 2.31. The lowest BCUT2D eigenvalue weighted by Crippen LogP contribution is -1.86. The third kappa shape index (κ3) is 3.15. The summed E-state index contributed by atoms with van der Waals surface area (Å²) in [6.45, 7) is 0. The monoisotopic (exact) mass is 281 g/mol. The van der Waals surface area contributed by atoms with Gasteiger partial charge in [-0.2, -0.15) is 0 Å². The molecule has 18 heavy (non-hydrogen) atoms. The van der Waals surface area contributed by atoms with Crippen molar-refractivity contribution in [2.24, 2.45) is 5.16 Å².